The molecule has 0 radical (unpaired) electrons. The Morgan fingerprint density at radius 2 is 1.72 bits per heavy atom. The monoisotopic (exact) mass is 403 g/mol. The molecular weight excluding hydrogens is 382 g/mol. The number of fused-ring (bicyclic) bond motifs is 1. The summed E-state index contributed by atoms with van der Waals surface area (Å²) < 4.78 is 5.89. The van der Waals surface area contributed by atoms with E-state index in [1.54, 1.807) is 0 Å². The topological polar surface area (TPSA) is 68.9 Å². The summed E-state index contributed by atoms with van der Waals surface area (Å²) in [7, 11) is 0. The number of hydrogen-bond donors (Lipinski definition) is 0. The minimum atomic E-state index is -0.387. The van der Waals surface area contributed by atoms with Gasteiger partial charge in [-0.05, 0) is 12.1 Å². The van der Waals surface area contributed by atoms with E-state index in [0.29, 0.717) is 16.9 Å². The molecule has 0 atom stereocenters. The lowest BCUT2D eigenvalue weighted by Gasteiger charge is -2.14. The van der Waals surface area contributed by atoms with Gasteiger partial charge in [0.1, 0.15) is 5.78 Å². The fraction of sp³-hybridized carbons (Fsp3) is 0.217. The highest BCUT2D eigenvalue weighted by molar-refractivity contribution is 7.99. The number of carbonyl (C=O) groups is 1. The molecule has 0 fully saturated rings. The Bertz CT molecular complexity index is 1160. The van der Waals surface area contributed by atoms with E-state index in [1.807, 2.05) is 81.4 Å². The smallest absolute Gasteiger partial charge is 0.277 e. The molecule has 4 rings (SSSR count). The molecule has 0 spiro atoms. The van der Waals surface area contributed by atoms with E-state index >= 15 is 0 Å². The number of pyridine rings is 1. The van der Waals surface area contributed by atoms with Gasteiger partial charge in [-0.1, -0.05) is 81.1 Å². The SMILES string of the molecule is CC(C)(C)C(=O)CSc1nnc(-c2cc(-c3ccccc3)nc3ccccc23)o1. The molecule has 5 nitrogen and oxygen atoms in total. The van der Waals surface area contributed by atoms with Crippen molar-refractivity contribution in [3.63, 3.8) is 0 Å². The fourth-order valence-electron chi connectivity index (χ4n) is 2.83. The molecule has 0 aliphatic carbocycles. The molecule has 0 saturated carbocycles. The van der Waals surface area contributed by atoms with Gasteiger partial charge in [0.05, 0.1) is 22.5 Å². The largest absolute Gasteiger partial charge is 0.411 e. The van der Waals surface area contributed by atoms with Gasteiger partial charge in [-0.3, -0.25) is 4.79 Å². The van der Waals surface area contributed by atoms with Crippen molar-refractivity contribution in [2.45, 2.75) is 26.0 Å². The molecular formula is C23H21N3O2S. The summed E-state index contributed by atoms with van der Waals surface area (Å²) in [5.74, 6) is 0.867. The maximum absolute atomic E-state index is 12.2. The zero-order valence-electron chi connectivity index (χ0n) is 16.5. The Labute approximate surface area is 173 Å². The van der Waals surface area contributed by atoms with Gasteiger partial charge in [0.15, 0.2) is 0 Å². The second-order valence-electron chi connectivity index (χ2n) is 7.77. The highest BCUT2D eigenvalue weighted by Gasteiger charge is 2.22. The Morgan fingerprint density at radius 1 is 1.00 bits per heavy atom. The highest BCUT2D eigenvalue weighted by atomic mass is 32.2. The molecule has 0 aliphatic rings. The van der Waals surface area contributed by atoms with Gasteiger partial charge in [-0.2, -0.15) is 0 Å². The van der Waals surface area contributed by atoms with Crippen molar-refractivity contribution in [2.24, 2.45) is 5.41 Å². The Morgan fingerprint density at radius 3 is 2.48 bits per heavy atom. The summed E-state index contributed by atoms with van der Waals surface area (Å²) in [6.07, 6.45) is 0. The minimum absolute atomic E-state index is 0.142. The van der Waals surface area contributed by atoms with Crippen LogP contribution in [0.5, 0.6) is 0 Å². The third kappa shape index (κ3) is 4.22. The second kappa shape index (κ2) is 7.79. The number of benzene rings is 2. The average Bonchev–Trinajstić information content (AvgIpc) is 3.20. The zero-order valence-corrected chi connectivity index (χ0v) is 17.4. The van der Waals surface area contributed by atoms with Crippen molar-refractivity contribution >= 4 is 28.4 Å². The number of rotatable bonds is 5. The molecule has 6 heteroatoms. The van der Waals surface area contributed by atoms with Gasteiger partial charge in [-0.15, -0.1) is 10.2 Å². The van der Waals surface area contributed by atoms with Crippen LogP contribution in [-0.2, 0) is 4.79 Å². The highest BCUT2D eigenvalue weighted by Crippen LogP contribution is 2.33. The van der Waals surface area contributed by atoms with Crippen molar-refractivity contribution in [1.29, 1.82) is 0 Å². The molecule has 4 aromatic rings. The van der Waals surface area contributed by atoms with Crippen molar-refractivity contribution < 1.29 is 9.21 Å². The number of carbonyl (C=O) groups excluding carboxylic acids is 1. The number of ketones is 1. The quantitative estimate of drug-likeness (QED) is 0.401. The van der Waals surface area contributed by atoms with Gasteiger partial charge in [0, 0.05) is 16.4 Å². The molecule has 0 unspecified atom stereocenters. The van der Waals surface area contributed by atoms with Crippen LogP contribution in [0.2, 0.25) is 0 Å². The summed E-state index contributed by atoms with van der Waals surface area (Å²) in [6.45, 7) is 5.72. The van der Waals surface area contributed by atoms with Crippen molar-refractivity contribution in [2.75, 3.05) is 5.75 Å². The third-order valence-electron chi connectivity index (χ3n) is 4.59. The lowest BCUT2D eigenvalue weighted by atomic mass is 9.92. The summed E-state index contributed by atoms with van der Waals surface area (Å²) in [6, 6.07) is 19.9. The van der Waals surface area contributed by atoms with Crippen LogP contribution in [0.3, 0.4) is 0 Å². The molecule has 2 aromatic heterocycles. The molecule has 146 valence electrons. The van der Waals surface area contributed by atoms with Gasteiger partial charge in [-0.25, -0.2) is 4.98 Å². The molecule has 29 heavy (non-hydrogen) atoms. The molecule has 0 amide bonds. The Balaban J connectivity index is 1.71. The number of hydrogen-bond acceptors (Lipinski definition) is 6. The lowest BCUT2D eigenvalue weighted by Crippen LogP contribution is -2.21. The first kappa shape index (κ1) is 19.3. The number of aromatic nitrogens is 3. The van der Waals surface area contributed by atoms with Crippen molar-refractivity contribution in [3.05, 3.63) is 60.7 Å². The number of nitrogens with zero attached hydrogens (tertiary/aromatic N) is 3. The maximum atomic E-state index is 12.2. The predicted octanol–water partition coefficient (Wildman–Crippen LogP) is 5.66. The summed E-state index contributed by atoms with van der Waals surface area (Å²) >= 11 is 1.27. The average molecular weight is 404 g/mol. The first-order chi connectivity index (χ1) is 13.9. The van der Waals surface area contributed by atoms with E-state index in [-0.39, 0.29) is 11.2 Å². The Kier molecular flexibility index (Phi) is 5.20. The molecule has 2 aromatic carbocycles. The molecule has 0 saturated heterocycles. The number of Topliss-reactive ketones (excluding diaryl/α,β-unsaturated/α-hetero) is 1. The van der Waals surface area contributed by atoms with Gasteiger partial charge in [0.25, 0.3) is 5.22 Å². The summed E-state index contributed by atoms with van der Waals surface area (Å²) in [4.78, 5) is 17.0. The maximum Gasteiger partial charge on any atom is 0.277 e. The molecule has 0 bridgehead atoms. The van der Waals surface area contributed by atoms with Crippen LogP contribution in [0, 0.1) is 5.41 Å². The first-order valence-electron chi connectivity index (χ1n) is 9.37. The third-order valence-corrected chi connectivity index (χ3v) is 5.40. The van der Waals surface area contributed by atoms with Crippen LogP contribution in [0.15, 0.2) is 70.3 Å². The van der Waals surface area contributed by atoms with E-state index in [1.165, 1.54) is 11.8 Å². The van der Waals surface area contributed by atoms with Crippen LogP contribution < -0.4 is 0 Å². The van der Waals surface area contributed by atoms with Gasteiger partial charge < -0.3 is 4.42 Å². The number of thioether (sulfide) groups is 1. The second-order valence-corrected chi connectivity index (χ2v) is 8.70. The van der Waals surface area contributed by atoms with Crippen LogP contribution >= 0.6 is 11.8 Å². The lowest BCUT2D eigenvalue weighted by molar-refractivity contribution is -0.123. The Hall–Kier alpha value is -2.99. The van der Waals surface area contributed by atoms with Crippen LogP contribution in [0.4, 0.5) is 0 Å². The van der Waals surface area contributed by atoms with Crippen LogP contribution in [0.1, 0.15) is 20.8 Å². The zero-order chi connectivity index (χ0) is 20.4. The van der Waals surface area contributed by atoms with Gasteiger partial charge in [0.2, 0.25) is 5.89 Å². The minimum Gasteiger partial charge on any atom is -0.411 e. The normalized spacial score (nSPS) is 11.7. The van der Waals surface area contributed by atoms with E-state index in [2.05, 4.69) is 10.2 Å². The van der Waals surface area contributed by atoms with E-state index in [0.717, 1.165) is 27.7 Å². The summed E-state index contributed by atoms with van der Waals surface area (Å²) in [5, 5.41) is 9.70. The van der Waals surface area contributed by atoms with E-state index in [4.69, 9.17) is 9.40 Å². The predicted molar refractivity (Wildman–Crippen MR) is 116 cm³/mol. The number of para-hydroxylation sites is 1. The fourth-order valence-corrected chi connectivity index (χ4v) is 3.75. The van der Waals surface area contributed by atoms with Gasteiger partial charge >= 0.3 is 0 Å². The van der Waals surface area contributed by atoms with E-state index in [9.17, 15) is 4.79 Å². The van der Waals surface area contributed by atoms with Crippen LogP contribution in [-0.4, -0.2) is 26.7 Å². The molecule has 2 heterocycles. The standard InChI is InChI=1S/C23H21N3O2S/c1-23(2,3)20(27)14-29-22-26-25-21(28-22)17-13-19(15-9-5-4-6-10-15)24-18-12-8-7-11-16(17)18/h4-13H,14H2,1-3H3. The van der Waals surface area contributed by atoms with Crippen LogP contribution in [0.25, 0.3) is 33.6 Å². The van der Waals surface area contributed by atoms with Crippen molar-refractivity contribution in [1.82, 2.24) is 15.2 Å². The van der Waals surface area contributed by atoms with Crippen molar-refractivity contribution in [3.8, 4) is 22.7 Å². The molecule has 0 aliphatic heterocycles. The first-order valence-corrected chi connectivity index (χ1v) is 10.4. The van der Waals surface area contributed by atoms with E-state index < -0.39 is 0 Å². The molecule has 0 N–H and O–H groups in total. The summed E-state index contributed by atoms with van der Waals surface area (Å²) in [5.41, 5.74) is 3.16.